The molecule has 0 aromatic heterocycles. The standard InChI is InChI=1S/C26H30N2.C22H20BrN.C18H10Br2.2C4H11N.2CH5N/c1-5-27(6-2)25-17-23-20-14-10-12-16-22(20)26(28(7-3)8-4)18-24(23)19-13-9-11-15-21(19)25;1-3-24(4-2)22-14-20-15-9-5-7-11-17(15)21(23)13-19(20)16-10-6-8-12-18(16)22;19-17-10-16-12-6-2-4-8-14(12)18(20)9-15(16)11-5-1-3-7-13(11)17;2*1-3-5-4-2;2*1-2/h9-18H,5-8H2,1-4H3;5-14H,3-4H2,1-2H3;1-10H;2*5H,3-4H2,1-2H3;2*2H2,1H3. The quantitative estimate of drug-likeness (QED) is 0.0856. The number of benzene rings is 12. The average molecular weight is 1340 g/mol. The van der Waals surface area contributed by atoms with Crippen LogP contribution in [0, 0.1) is 0 Å². The van der Waals surface area contributed by atoms with Gasteiger partial charge in [0.1, 0.15) is 0 Å². The van der Waals surface area contributed by atoms with Gasteiger partial charge in [0.25, 0.3) is 0 Å². The first kappa shape index (κ1) is 68.8. The van der Waals surface area contributed by atoms with Crippen LogP contribution in [0.5, 0.6) is 0 Å². The van der Waals surface area contributed by atoms with Crippen LogP contribution in [-0.4, -0.2) is 79.5 Å². The molecule has 0 aliphatic heterocycles. The highest BCUT2D eigenvalue weighted by Crippen LogP contribution is 2.43. The molecule has 0 saturated carbocycles. The minimum Gasteiger partial charge on any atom is -0.372 e. The number of nitrogens with zero attached hydrogens (tertiary/aromatic N) is 3. The van der Waals surface area contributed by atoms with Crippen LogP contribution in [0.4, 0.5) is 17.1 Å². The van der Waals surface area contributed by atoms with E-state index in [1.807, 2.05) is 0 Å². The molecule has 0 saturated heterocycles. The highest BCUT2D eigenvalue weighted by atomic mass is 79.9. The van der Waals surface area contributed by atoms with E-state index >= 15 is 0 Å². The average Bonchev–Trinajstić information content (AvgIpc) is 1.44. The minimum atomic E-state index is 1.01. The Morgan fingerprint density at radius 2 is 0.407 bits per heavy atom. The maximum Gasteiger partial charge on any atom is 0.0452 e. The molecule has 0 fully saturated rings. The second-order valence-electron chi connectivity index (χ2n) is 20.3. The molecule has 452 valence electrons. The molecule has 0 unspecified atom stereocenters. The lowest BCUT2D eigenvalue weighted by Gasteiger charge is -2.27. The summed E-state index contributed by atoms with van der Waals surface area (Å²) in [7, 11) is 3.00. The van der Waals surface area contributed by atoms with E-state index in [1.165, 1.54) is 128 Å². The van der Waals surface area contributed by atoms with Gasteiger partial charge in [-0.15, -0.1) is 0 Å². The lowest BCUT2D eigenvalue weighted by Crippen LogP contribution is -2.22. The van der Waals surface area contributed by atoms with Crippen LogP contribution in [0.2, 0.25) is 0 Å². The predicted octanol–water partition coefficient (Wildman–Crippen LogP) is 20.6. The van der Waals surface area contributed by atoms with Gasteiger partial charge >= 0.3 is 0 Å². The summed E-state index contributed by atoms with van der Waals surface area (Å²) in [6.45, 7) is 32.3. The van der Waals surface area contributed by atoms with Crippen molar-refractivity contribution in [3.05, 3.63) is 195 Å². The number of fused-ring (bicyclic) bond motifs is 15. The smallest absolute Gasteiger partial charge is 0.0452 e. The number of anilines is 3. The molecule has 10 heteroatoms. The molecule has 7 nitrogen and oxygen atoms in total. The van der Waals surface area contributed by atoms with E-state index in [2.05, 4.69) is 336 Å². The molecule has 0 aliphatic carbocycles. The van der Waals surface area contributed by atoms with Crippen molar-refractivity contribution in [3.63, 3.8) is 0 Å². The van der Waals surface area contributed by atoms with Gasteiger partial charge in [0.05, 0.1) is 0 Å². The predicted molar refractivity (Wildman–Crippen MR) is 399 cm³/mol. The van der Waals surface area contributed by atoms with Crippen molar-refractivity contribution in [1.29, 1.82) is 0 Å². The molecule has 12 aromatic rings. The van der Waals surface area contributed by atoms with Crippen LogP contribution in [0.15, 0.2) is 195 Å². The Balaban J connectivity index is 0.000000187. The molecular weight excluding hydrogens is 1250 g/mol. The summed E-state index contributed by atoms with van der Waals surface area (Å²) in [4.78, 5) is 7.38. The second-order valence-corrected chi connectivity index (χ2v) is 22.8. The highest BCUT2D eigenvalue weighted by molar-refractivity contribution is 9.11. The van der Waals surface area contributed by atoms with Crippen LogP contribution in [0.1, 0.15) is 69.2 Å². The first-order chi connectivity index (χ1) is 42.1. The SMILES string of the molecule is Brc1cc2c3ccccc3c(Br)cc2c2ccccc12.CCN(CC)c1cc2c3ccccc3c(Br)cc2c2ccccc12.CCN(CC)c1cc2c3ccccc3c(N(CC)CC)cc2c2ccccc12.CCNCC.CCNCC.CN.CN. The zero-order valence-electron chi connectivity index (χ0n) is 53.0. The molecule has 12 rings (SSSR count). The fraction of sp³-hybridized carbons (Fsp3) is 0.289. The topological polar surface area (TPSA) is 85.8 Å². The van der Waals surface area contributed by atoms with Crippen LogP contribution in [0.3, 0.4) is 0 Å². The first-order valence-corrected chi connectivity index (χ1v) is 33.3. The van der Waals surface area contributed by atoms with Gasteiger partial charge in [0.2, 0.25) is 0 Å². The van der Waals surface area contributed by atoms with Gasteiger partial charge in [0, 0.05) is 85.9 Å². The summed E-state index contributed by atoms with van der Waals surface area (Å²) in [6, 6.07) is 66.1. The fourth-order valence-corrected chi connectivity index (χ4v) is 13.4. The zero-order chi connectivity index (χ0) is 62.3. The van der Waals surface area contributed by atoms with Crippen LogP contribution >= 0.6 is 47.8 Å². The highest BCUT2D eigenvalue weighted by Gasteiger charge is 2.18. The molecule has 0 aliphatic rings. The number of nitrogens with one attached hydrogen (secondary N) is 2. The van der Waals surface area contributed by atoms with Crippen LogP contribution in [-0.2, 0) is 0 Å². The number of nitrogens with two attached hydrogens (primary N) is 2. The third-order valence-corrected chi connectivity index (χ3v) is 17.7. The molecule has 86 heavy (non-hydrogen) atoms. The first-order valence-electron chi connectivity index (χ1n) is 31.0. The van der Waals surface area contributed by atoms with Crippen LogP contribution < -0.4 is 36.8 Å². The van der Waals surface area contributed by atoms with E-state index in [1.54, 1.807) is 0 Å². The summed E-state index contributed by atoms with van der Waals surface area (Å²) in [5.74, 6) is 0. The molecule has 12 aromatic carbocycles. The van der Waals surface area contributed by atoms with Crippen molar-refractivity contribution in [1.82, 2.24) is 10.6 Å². The molecule has 0 amide bonds. The van der Waals surface area contributed by atoms with E-state index in [0.717, 1.165) is 78.9 Å². The zero-order valence-corrected chi connectivity index (χ0v) is 57.8. The summed E-state index contributed by atoms with van der Waals surface area (Å²) in [5.41, 5.74) is 13.0. The largest absolute Gasteiger partial charge is 0.372 e. The number of hydrogen-bond acceptors (Lipinski definition) is 7. The molecule has 0 spiro atoms. The Kier molecular flexibility index (Phi) is 27.9. The van der Waals surface area contributed by atoms with Gasteiger partial charge in [-0.3, -0.25) is 0 Å². The minimum absolute atomic E-state index is 1.01. The van der Waals surface area contributed by atoms with Crippen molar-refractivity contribution in [2.45, 2.75) is 69.2 Å². The fourth-order valence-electron chi connectivity index (χ4n) is 11.6. The second kappa shape index (κ2) is 34.9. The monoisotopic (exact) mass is 1340 g/mol. The van der Waals surface area contributed by atoms with E-state index in [0.29, 0.717) is 0 Å². The van der Waals surface area contributed by atoms with E-state index in [9.17, 15) is 0 Å². The van der Waals surface area contributed by atoms with Crippen molar-refractivity contribution in [3.8, 4) is 0 Å². The summed E-state index contributed by atoms with van der Waals surface area (Å²) in [6.07, 6.45) is 0. The van der Waals surface area contributed by atoms with Gasteiger partial charge in [0.15, 0.2) is 0 Å². The Morgan fingerprint density at radius 3 is 0.581 bits per heavy atom. The molecule has 0 heterocycles. The summed E-state index contributed by atoms with van der Waals surface area (Å²) in [5, 5.41) is 29.8. The van der Waals surface area contributed by atoms with E-state index in [4.69, 9.17) is 0 Å². The number of halogens is 3. The Morgan fingerprint density at radius 1 is 0.244 bits per heavy atom. The Bertz CT molecular complexity index is 3910. The van der Waals surface area contributed by atoms with Crippen molar-refractivity contribution in [2.24, 2.45) is 11.5 Å². The Labute approximate surface area is 538 Å². The normalized spacial score (nSPS) is 10.7. The van der Waals surface area contributed by atoms with Gasteiger partial charge in [-0.05, 0) is 199 Å². The van der Waals surface area contributed by atoms with Gasteiger partial charge in [-0.1, -0.05) is 221 Å². The van der Waals surface area contributed by atoms with Crippen molar-refractivity contribution < 1.29 is 0 Å². The van der Waals surface area contributed by atoms with E-state index < -0.39 is 0 Å². The van der Waals surface area contributed by atoms with Crippen LogP contribution in [0.25, 0.3) is 97.0 Å². The van der Waals surface area contributed by atoms with Crippen molar-refractivity contribution in [2.75, 3.05) is 94.2 Å². The molecule has 0 radical (unpaired) electrons. The molecular formula is C76H92Br3N7. The summed E-state index contributed by atoms with van der Waals surface area (Å²) >= 11 is 11.2. The maximum absolute atomic E-state index is 4.50. The van der Waals surface area contributed by atoms with Gasteiger partial charge < -0.3 is 36.8 Å². The van der Waals surface area contributed by atoms with E-state index in [-0.39, 0.29) is 0 Å². The molecule has 6 N–H and O–H groups in total. The molecule has 0 atom stereocenters. The number of hydrogen-bond donors (Lipinski definition) is 4. The lowest BCUT2D eigenvalue weighted by atomic mass is 9.94. The third kappa shape index (κ3) is 15.5. The van der Waals surface area contributed by atoms with Crippen molar-refractivity contribution >= 4 is 162 Å². The maximum atomic E-state index is 4.50. The molecule has 0 bridgehead atoms. The van der Waals surface area contributed by atoms with Gasteiger partial charge in [-0.25, -0.2) is 0 Å². The lowest BCUT2D eigenvalue weighted by molar-refractivity contribution is 0.762. The van der Waals surface area contributed by atoms with Gasteiger partial charge in [-0.2, -0.15) is 0 Å². The Hall–Kier alpha value is -6.34. The number of rotatable bonds is 13. The summed E-state index contributed by atoms with van der Waals surface area (Å²) < 4.78 is 3.45. The third-order valence-electron chi connectivity index (χ3n) is 15.7.